The SMILES string of the molecule is Cc1cccc(C(C)C)c1NC(=O)[C@H](C)N(c1ccc(F)cc1)S(C)(=O)=O. The molecule has 0 aromatic heterocycles. The minimum Gasteiger partial charge on any atom is -0.324 e. The summed E-state index contributed by atoms with van der Waals surface area (Å²) in [6, 6.07) is 9.75. The van der Waals surface area contributed by atoms with Crippen LogP contribution in [0.25, 0.3) is 0 Å². The van der Waals surface area contributed by atoms with Gasteiger partial charge in [-0.05, 0) is 55.2 Å². The summed E-state index contributed by atoms with van der Waals surface area (Å²) in [7, 11) is -3.75. The van der Waals surface area contributed by atoms with Gasteiger partial charge in [0.05, 0.1) is 11.9 Å². The number of para-hydroxylation sites is 1. The van der Waals surface area contributed by atoms with Gasteiger partial charge >= 0.3 is 0 Å². The van der Waals surface area contributed by atoms with Gasteiger partial charge in [-0.25, -0.2) is 12.8 Å². The van der Waals surface area contributed by atoms with Gasteiger partial charge in [0, 0.05) is 5.69 Å². The molecule has 1 atom stereocenters. The molecule has 0 saturated carbocycles. The number of benzene rings is 2. The van der Waals surface area contributed by atoms with E-state index in [9.17, 15) is 17.6 Å². The molecule has 2 rings (SSSR count). The molecule has 0 fully saturated rings. The molecule has 0 radical (unpaired) electrons. The van der Waals surface area contributed by atoms with Crippen molar-refractivity contribution in [2.45, 2.75) is 39.7 Å². The highest BCUT2D eigenvalue weighted by Crippen LogP contribution is 2.28. The number of anilines is 2. The van der Waals surface area contributed by atoms with E-state index in [1.54, 1.807) is 0 Å². The largest absolute Gasteiger partial charge is 0.324 e. The monoisotopic (exact) mass is 392 g/mol. The van der Waals surface area contributed by atoms with E-state index < -0.39 is 27.8 Å². The molecule has 0 aliphatic heterocycles. The third-order valence-electron chi connectivity index (χ3n) is 4.34. The molecular formula is C20H25FN2O3S. The maximum atomic E-state index is 13.2. The van der Waals surface area contributed by atoms with Gasteiger partial charge < -0.3 is 5.32 Å². The van der Waals surface area contributed by atoms with Crippen LogP contribution >= 0.6 is 0 Å². The second-order valence-corrected chi connectivity index (χ2v) is 8.75. The van der Waals surface area contributed by atoms with Crippen molar-refractivity contribution in [3.63, 3.8) is 0 Å². The van der Waals surface area contributed by atoms with E-state index >= 15 is 0 Å². The molecule has 0 aliphatic carbocycles. The molecule has 2 aromatic carbocycles. The van der Waals surface area contributed by atoms with Gasteiger partial charge in [0.1, 0.15) is 11.9 Å². The third kappa shape index (κ3) is 4.86. The average molecular weight is 392 g/mol. The van der Waals surface area contributed by atoms with Gasteiger partial charge in [-0.3, -0.25) is 9.10 Å². The molecule has 27 heavy (non-hydrogen) atoms. The fourth-order valence-electron chi connectivity index (χ4n) is 2.97. The number of aryl methyl sites for hydroxylation is 1. The Morgan fingerprint density at radius 1 is 1.07 bits per heavy atom. The highest BCUT2D eigenvalue weighted by Gasteiger charge is 2.29. The first-order chi connectivity index (χ1) is 12.5. The van der Waals surface area contributed by atoms with Crippen molar-refractivity contribution in [3.05, 3.63) is 59.4 Å². The Balaban J connectivity index is 2.38. The number of nitrogens with zero attached hydrogens (tertiary/aromatic N) is 1. The number of sulfonamides is 1. The summed E-state index contributed by atoms with van der Waals surface area (Å²) in [6.07, 6.45) is 1.02. The summed E-state index contributed by atoms with van der Waals surface area (Å²) in [5.41, 5.74) is 2.80. The molecular weight excluding hydrogens is 367 g/mol. The topological polar surface area (TPSA) is 66.5 Å². The number of carbonyl (C=O) groups is 1. The van der Waals surface area contributed by atoms with Gasteiger partial charge in [0.15, 0.2) is 0 Å². The number of rotatable bonds is 6. The Bertz CT molecular complexity index is 925. The van der Waals surface area contributed by atoms with Crippen LogP contribution in [0.4, 0.5) is 15.8 Å². The van der Waals surface area contributed by atoms with Crippen molar-refractivity contribution in [3.8, 4) is 0 Å². The third-order valence-corrected chi connectivity index (χ3v) is 5.59. The van der Waals surface area contributed by atoms with Crippen molar-refractivity contribution < 1.29 is 17.6 Å². The smallest absolute Gasteiger partial charge is 0.248 e. The van der Waals surface area contributed by atoms with E-state index in [4.69, 9.17) is 0 Å². The highest BCUT2D eigenvalue weighted by molar-refractivity contribution is 7.92. The molecule has 0 unspecified atom stereocenters. The standard InChI is InChI=1S/C20H25FN2O3S/c1-13(2)18-8-6-7-14(3)19(18)22-20(24)15(4)23(27(5,25)26)17-11-9-16(21)10-12-17/h6-13,15H,1-5H3,(H,22,24)/t15-/m0/s1. The second-order valence-electron chi connectivity index (χ2n) is 6.89. The summed E-state index contributed by atoms with van der Waals surface area (Å²) in [4.78, 5) is 12.9. The van der Waals surface area contributed by atoms with E-state index in [0.717, 1.165) is 33.8 Å². The Morgan fingerprint density at radius 2 is 1.67 bits per heavy atom. The van der Waals surface area contributed by atoms with E-state index in [1.807, 2.05) is 39.0 Å². The van der Waals surface area contributed by atoms with Gasteiger partial charge in [-0.2, -0.15) is 0 Å². The first-order valence-electron chi connectivity index (χ1n) is 8.67. The predicted octanol–water partition coefficient (Wildman–Crippen LogP) is 4.05. The van der Waals surface area contributed by atoms with Gasteiger partial charge in [0.25, 0.3) is 0 Å². The minimum absolute atomic E-state index is 0.193. The molecule has 0 aliphatic rings. The van der Waals surface area contributed by atoms with Crippen molar-refractivity contribution >= 4 is 27.3 Å². The molecule has 0 saturated heterocycles. The number of hydrogen-bond acceptors (Lipinski definition) is 3. The normalized spacial score (nSPS) is 12.7. The van der Waals surface area contributed by atoms with E-state index in [0.29, 0.717) is 5.69 Å². The Morgan fingerprint density at radius 3 is 2.19 bits per heavy atom. The van der Waals surface area contributed by atoms with Crippen molar-refractivity contribution in [1.29, 1.82) is 0 Å². The van der Waals surface area contributed by atoms with Crippen LogP contribution in [0.2, 0.25) is 0 Å². The van der Waals surface area contributed by atoms with E-state index in [1.165, 1.54) is 19.1 Å². The second kappa shape index (κ2) is 8.08. The molecule has 0 heterocycles. The number of carbonyl (C=O) groups excluding carboxylic acids is 1. The fraction of sp³-hybridized carbons (Fsp3) is 0.350. The van der Waals surface area contributed by atoms with Crippen LogP contribution in [0, 0.1) is 12.7 Å². The van der Waals surface area contributed by atoms with Crippen LogP contribution in [0.15, 0.2) is 42.5 Å². The molecule has 146 valence electrons. The van der Waals surface area contributed by atoms with Crippen LogP contribution in [0.3, 0.4) is 0 Å². The van der Waals surface area contributed by atoms with Crippen LogP contribution in [-0.4, -0.2) is 26.6 Å². The lowest BCUT2D eigenvalue weighted by molar-refractivity contribution is -0.116. The zero-order chi connectivity index (χ0) is 20.4. The average Bonchev–Trinajstić information content (AvgIpc) is 2.57. The van der Waals surface area contributed by atoms with Crippen LogP contribution in [-0.2, 0) is 14.8 Å². The number of halogens is 1. The van der Waals surface area contributed by atoms with Gasteiger partial charge in [-0.1, -0.05) is 32.0 Å². The Kier molecular flexibility index (Phi) is 6.26. The molecule has 7 heteroatoms. The molecule has 0 bridgehead atoms. The zero-order valence-electron chi connectivity index (χ0n) is 16.2. The lowest BCUT2D eigenvalue weighted by Gasteiger charge is -2.29. The van der Waals surface area contributed by atoms with Gasteiger partial charge in [-0.15, -0.1) is 0 Å². The van der Waals surface area contributed by atoms with Crippen molar-refractivity contribution in [1.82, 2.24) is 0 Å². The lowest BCUT2D eigenvalue weighted by Crippen LogP contribution is -2.45. The van der Waals surface area contributed by atoms with E-state index in [-0.39, 0.29) is 11.6 Å². The molecule has 0 spiro atoms. The summed E-state index contributed by atoms with van der Waals surface area (Å²) in [5, 5.41) is 2.87. The predicted molar refractivity (Wildman–Crippen MR) is 107 cm³/mol. The molecule has 1 N–H and O–H groups in total. The van der Waals surface area contributed by atoms with Crippen LogP contribution < -0.4 is 9.62 Å². The van der Waals surface area contributed by atoms with E-state index in [2.05, 4.69) is 5.32 Å². The van der Waals surface area contributed by atoms with Crippen LogP contribution in [0.1, 0.15) is 37.8 Å². The number of hydrogen-bond donors (Lipinski definition) is 1. The lowest BCUT2D eigenvalue weighted by atomic mass is 9.98. The fourth-order valence-corrected chi connectivity index (χ4v) is 4.14. The summed E-state index contributed by atoms with van der Waals surface area (Å²) < 4.78 is 38.8. The van der Waals surface area contributed by atoms with Gasteiger partial charge in [0.2, 0.25) is 15.9 Å². The summed E-state index contributed by atoms with van der Waals surface area (Å²) in [5.74, 6) is -0.745. The highest BCUT2D eigenvalue weighted by atomic mass is 32.2. The quantitative estimate of drug-likeness (QED) is 0.806. The molecule has 5 nitrogen and oxygen atoms in total. The summed E-state index contributed by atoms with van der Waals surface area (Å²) in [6.45, 7) is 7.44. The number of nitrogens with one attached hydrogen (secondary N) is 1. The van der Waals surface area contributed by atoms with Crippen molar-refractivity contribution in [2.75, 3.05) is 15.9 Å². The Hall–Kier alpha value is -2.41. The maximum absolute atomic E-state index is 13.2. The first kappa shape index (κ1) is 20.9. The maximum Gasteiger partial charge on any atom is 0.248 e. The molecule has 2 aromatic rings. The Labute approximate surface area is 160 Å². The summed E-state index contributed by atoms with van der Waals surface area (Å²) >= 11 is 0. The molecule has 1 amide bonds. The minimum atomic E-state index is -3.75. The number of amides is 1. The van der Waals surface area contributed by atoms with Crippen molar-refractivity contribution in [2.24, 2.45) is 0 Å². The first-order valence-corrected chi connectivity index (χ1v) is 10.5. The van der Waals surface area contributed by atoms with Crippen LogP contribution in [0.5, 0.6) is 0 Å². The zero-order valence-corrected chi connectivity index (χ0v) is 17.0.